The van der Waals surface area contributed by atoms with Crippen molar-refractivity contribution >= 4 is 5.57 Å². The maximum Gasteiger partial charge on any atom is 0.0790 e. The number of hydrogen-bond acceptors (Lipinski definition) is 2. The Bertz CT molecular complexity index is 667. The van der Waals surface area contributed by atoms with Crippen LogP contribution in [0.3, 0.4) is 0 Å². The van der Waals surface area contributed by atoms with Gasteiger partial charge in [0.2, 0.25) is 0 Å². The van der Waals surface area contributed by atoms with Crippen molar-refractivity contribution in [2.24, 2.45) is 5.92 Å². The number of allylic oxidation sites excluding steroid dienone is 1. The first-order valence-corrected chi connectivity index (χ1v) is 11.5. The summed E-state index contributed by atoms with van der Waals surface area (Å²) in [6, 6.07) is 6.86. The molecule has 0 saturated heterocycles. The third-order valence-electron chi connectivity index (χ3n) is 6.33. The second kappa shape index (κ2) is 12.6. The topological polar surface area (TPSA) is 24.1 Å². The van der Waals surface area contributed by atoms with E-state index >= 15 is 0 Å². The van der Waals surface area contributed by atoms with Gasteiger partial charge in [-0.2, -0.15) is 0 Å². The summed E-state index contributed by atoms with van der Waals surface area (Å²) in [6.45, 7) is 21.9. The van der Waals surface area contributed by atoms with E-state index in [1.165, 1.54) is 47.9 Å². The second-order valence-electron chi connectivity index (χ2n) is 8.12. The fraction of sp³-hybridized carbons (Fsp3) is 0.556. The molecule has 0 aliphatic carbocycles. The maximum atomic E-state index is 4.49. The van der Waals surface area contributed by atoms with Crippen molar-refractivity contribution in [1.29, 1.82) is 0 Å². The zero-order chi connectivity index (χ0) is 21.9. The van der Waals surface area contributed by atoms with Gasteiger partial charge >= 0.3 is 0 Å². The van der Waals surface area contributed by atoms with Crippen LogP contribution in [0.4, 0.5) is 0 Å². The Balaban J connectivity index is 3.21. The summed E-state index contributed by atoms with van der Waals surface area (Å²) >= 11 is 0. The maximum absolute atomic E-state index is 4.49. The molecular formula is C27H44N2. The molecule has 0 aliphatic heterocycles. The lowest BCUT2D eigenvalue weighted by molar-refractivity contribution is 0.221. The van der Waals surface area contributed by atoms with Gasteiger partial charge in [0, 0.05) is 12.7 Å². The van der Waals surface area contributed by atoms with Gasteiger partial charge in [0.05, 0.1) is 5.54 Å². The minimum atomic E-state index is -0.207. The van der Waals surface area contributed by atoms with Gasteiger partial charge in [-0.1, -0.05) is 78.5 Å². The molecule has 2 nitrogen and oxygen atoms in total. The molecular weight excluding hydrogens is 352 g/mol. The first-order chi connectivity index (χ1) is 13.9. The van der Waals surface area contributed by atoms with Crippen LogP contribution in [0, 0.1) is 5.92 Å². The van der Waals surface area contributed by atoms with E-state index in [1.807, 2.05) is 13.2 Å². The number of likely N-dealkylation sites (N-methyl/N-ethyl adjacent to an activating group) is 1. The molecule has 2 N–H and O–H groups in total. The van der Waals surface area contributed by atoms with Gasteiger partial charge in [-0.15, -0.1) is 0 Å². The zero-order valence-electron chi connectivity index (χ0n) is 19.7. The van der Waals surface area contributed by atoms with E-state index < -0.39 is 0 Å². The second-order valence-corrected chi connectivity index (χ2v) is 8.12. The molecule has 1 rings (SSSR count). The number of benzene rings is 1. The zero-order valence-corrected chi connectivity index (χ0v) is 19.7. The van der Waals surface area contributed by atoms with Crippen molar-refractivity contribution in [2.45, 2.75) is 84.6 Å². The Morgan fingerprint density at radius 1 is 1.07 bits per heavy atom. The van der Waals surface area contributed by atoms with Crippen LogP contribution in [0.1, 0.15) is 82.9 Å². The van der Waals surface area contributed by atoms with Crippen LogP contribution in [0.25, 0.3) is 5.57 Å². The number of aryl methyl sites for hydroxylation is 2. The Hall–Kier alpha value is -1.96. The smallest absolute Gasteiger partial charge is 0.0790 e. The first kappa shape index (κ1) is 25.1. The largest absolute Gasteiger partial charge is 0.390 e. The van der Waals surface area contributed by atoms with Crippen molar-refractivity contribution in [1.82, 2.24) is 10.6 Å². The van der Waals surface area contributed by atoms with Crippen molar-refractivity contribution < 1.29 is 0 Å². The van der Waals surface area contributed by atoms with Gasteiger partial charge in [-0.3, -0.25) is 0 Å². The van der Waals surface area contributed by atoms with Crippen LogP contribution in [0.5, 0.6) is 0 Å². The average Bonchev–Trinajstić information content (AvgIpc) is 2.75. The molecule has 0 aromatic heterocycles. The van der Waals surface area contributed by atoms with E-state index in [0.29, 0.717) is 5.92 Å². The summed E-state index contributed by atoms with van der Waals surface area (Å²) in [7, 11) is 1.98. The van der Waals surface area contributed by atoms with Gasteiger partial charge in [-0.25, -0.2) is 0 Å². The van der Waals surface area contributed by atoms with E-state index in [4.69, 9.17) is 0 Å². The van der Waals surface area contributed by atoms with Gasteiger partial charge in [0.15, 0.2) is 0 Å². The molecule has 1 aromatic carbocycles. The van der Waals surface area contributed by atoms with Crippen molar-refractivity contribution in [3.05, 3.63) is 66.5 Å². The Kier molecular flexibility index (Phi) is 10.9. The van der Waals surface area contributed by atoms with Crippen LogP contribution in [-0.2, 0) is 12.8 Å². The first-order valence-electron chi connectivity index (χ1n) is 11.5. The normalized spacial score (nSPS) is 13.0. The molecule has 1 aromatic rings. The molecule has 0 fully saturated rings. The Labute approximate surface area is 180 Å². The van der Waals surface area contributed by atoms with E-state index in [1.54, 1.807) is 0 Å². The SMILES string of the molecule is C=CNC(CCC(=C)c1ccc(CC)cc1CC)(C(=C)NC)C(CCC)CCC. The lowest BCUT2D eigenvalue weighted by Crippen LogP contribution is -2.53. The van der Waals surface area contributed by atoms with Crippen molar-refractivity contribution in [2.75, 3.05) is 7.05 Å². The molecule has 2 heteroatoms. The highest BCUT2D eigenvalue weighted by Gasteiger charge is 2.39. The fourth-order valence-corrected chi connectivity index (χ4v) is 4.60. The summed E-state index contributed by atoms with van der Waals surface area (Å²) in [5.74, 6) is 0.511. The van der Waals surface area contributed by atoms with Crippen LogP contribution in [-0.4, -0.2) is 12.6 Å². The van der Waals surface area contributed by atoms with Gasteiger partial charge in [0.1, 0.15) is 0 Å². The molecule has 0 heterocycles. The quantitative estimate of drug-likeness (QED) is 0.332. The van der Waals surface area contributed by atoms with Gasteiger partial charge in [0.25, 0.3) is 0 Å². The predicted molar refractivity (Wildman–Crippen MR) is 131 cm³/mol. The highest BCUT2D eigenvalue weighted by molar-refractivity contribution is 5.67. The molecule has 0 radical (unpaired) electrons. The lowest BCUT2D eigenvalue weighted by atomic mass is 9.72. The lowest BCUT2D eigenvalue weighted by Gasteiger charge is -2.43. The van der Waals surface area contributed by atoms with Crippen LogP contribution in [0.15, 0.2) is 49.8 Å². The highest BCUT2D eigenvalue weighted by Crippen LogP contribution is 2.38. The molecule has 0 saturated carbocycles. The third-order valence-corrected chi connectivity index (χ3v) is 6.33. The number of hydrogen-bond donors (Lipinski definition) is 2. The third kappa shape index (κ3) is 6.26. The number of rotatable bonds is 15. The Morgan fingerprint density at radius 2 is 1.72 bits per heavy atom. The van der Waals surface area contributed by atoms with E-state index in [9.17, 15) is 0 Å². The molecule has 29 heavy (non-hydrogen) atoms. The van der Waals surface area contributed by atoms with E-state index in [0.717, 1.165) is 31.4 Å². The number of nitrogens with one attached hydrogen (secondary N) is 2. The summed E-state index contributed by atoms with van der Waals surface area (Å²) in [5, 5.41) is 6.99. The Morgan fingerprint density at radius 3 is 2.21 bits per heavy atom. The van der Waals surface area contributed by atoms with Crippen molar-refractivity contribution in [3.8, 4) is 0 Å². The fourth-order valence-electron chi connectivity index (χ4n) is 4.60. The summed E-state index contributed by atoms with van der Waals surface area (Å²) in [4.78, 5) is 0. The molecule has 0 spiro atoms. The minimum absolute atomic E-state index is 0.207. The average molecular weight is 397 g/mol. The molecule has 1 unspecified atom stereocenters. The van der Waals surface area contributed by atoms with Gasteiger partial charge < -0.3 is 10.6 Å². The van der Waals surface area contributed by atoms with E-state index in [2.05, 4.69) is 76.3 Å². The van der Waals surface area contributed by atoms with Crippen molar-refractivity contribution in [3.63, 3.8) is 0 Å². The monoisotopic (exact) mass is 396 g/mol. The molecule has 0 aliphatic rings. The standard InChI is InChI=1S/C27H44N2/c1-9-14-25(15-10-2)27(29-13-5,22(7)28-8)19-18-21(6)26-17-16-23(11-3)20-24(26)12-4/h13,16-17,20,25,28-29H,5-7,9-12,14-15,18-19H2,1-4,8H3. The molecule has 1 atom stereocenters. The summed E-state index contributed by atoms with van der Waals surface area (Å²) < 4.78 is 0. The van der Waals surface area contributed by atoms with E-state index in [-0.39, 0.29) is 5.54 Å². The van der Waals surface area contributed by atoms with Crippen LogP contribution >= 0.6 is 0 Å². The summed E-state index contributed by atoms with van der Waals surface area (Å²) in [6.07, 6.45) is 10.5. The summed E-state index contributed by atoms with van der Waals surface area (Å²) in [5.41, 5.74) is 6.18. The molecule has 0 amide bonds. The highest BCUT2D eigenvalue weighted by atomic mass is 15.0. The van der Waals surface area contributed by atoms with Crippen LogP contribution in [0.2, 0.25) is 0 Å². The van der Waals surface area contributed by atoms with Crippen LogP contribution < -0.4 is 10.6 Å². The van der Waals surface area contributed by atoms with Gasteiger partial charge in [-0.05, 0) is 72.9 Å². The molecule has 162 valence electrons. The molecule has 0 bridgehead atoms. The predicted octanol–water partition coefficient (Wildman–Crippen LogP) is 7.03. The minimum Gasteiger partial charge on any atom is -0.390 e.